The van der Waals surface area contributed by atoms with Crippen LogP contribution in [-0.4, -0.2) is 28.9 Å². The summed E-state index contributed by atoms with van der Waals surface area (Å²) < 4.78 is 0. The van der Waals surface area contributed by atoms with Crippen molar-refractivity contribution in [2.75, 3.05) is 0 Å². The van der Waals surface area contributed by atoms with Crippen molar-refractivity contribution in [2.45, 2.75) is 51.5 Å². The number of carbonyl (C=O) groups is 3. The van der Waals surface area contributed by atoms with E-state index in [1.807, 2.05) is 6.92 Å². The SMILES string of the molecule is CC1(C(=O)N[C@@H](CC(N)=O)C(=O)O)CCCCC1. The zero-order valence-electron chi connectivity index (χ0n) is 10.6. The largest absolute Gasteiger partial charge is 0.480 e. The second-order valence-corrected chi connectivity index (χ2v) is 5.16. The third-order valence-corrected chi connectivity index (χ3v) is 3.51. The van der Waals surface area contributed by atoms with E-state index in [4.69, 9.17) is 10.8 Å². The Kier molecular flexibility index (Phi) is 4.69. The van der Waals surface area contributed by atoms with Crippen LogP contribution in [0.1, 0.15) is 45.4 Å². The average molecular weight is 256 g/mol. The van der Waals surface area contributed by atoms with Gasteiger partial charge in [0.15, 0.2) is 0 Å². The molecule has 1 rings (SSSR count). The van der Waals surface area contributed by atoms with Gasteiger partial charge in [0, 0.05) is 5.41 Å². The molecule has 1 saturated carbocycles. The van der Waals surface area contributed by atoms with Crippen LogP contribution >= 0.6 is 0 Å². The zero-order valence-corrected chi connectivity index (χ0v) is 10.6. The van der Waals surface area contributed by atoms with E-state index in [1.54, 1.807) is 0 Å². The lowest BCUT2D eigenvalue weighted by Gasteiger charge is -2.33. The predicted molar refractivity (Wildman–Crippen MR) is 64.6 cm³/mol. The normalized spacial score (nSPS) is 19.8. The van der Waals surface area contributed by atoms with Crippen molar-refractivity contribution in [2.24, 2.45) is 11.1 Å². The van der Waals surface area contributed by atoms with Crippen LogP contribution in [0, 0.1) is 5.41 Å². The molecule has 1 aliphatic carbocycles. The second kappa shape index (κ2) is 5.84. The Bertz CT molecular complexity index is 348. The lowest BCUT2D eigenvalue weighted by Crippen LogP contribution is -2.49. The van der Waals surface area contributed by atoms with Crippen molar-refractivity contribution in [1.29, 1.82) is 0 Å². The van der Waals surface area contributed by atoms with Crippen molar-refractivity contribution >= 4 is 17.8 Å². The quantitative estimate of drug-likeness (QED) is 0.661. The molecule has 1 fully saturated rings. The highest BCUT2D eigenvalue weighted by atomic mass is 16.4. The lowest BCUT2D eigenvalue weighted by atomic mass is 9.75. The van der Waals surface area contributed by atoms with Crippen molar-refractivity contribution < 1.29 is 19.5 Å². The van der Waals surface area contributed by atoms with E-state index in [0.717, 1.165) is 32.1 Å². The predicted octanol–water partition coefficient (Wildman–Crippen LogP) is 0.402. The van der Waals surface area contributed by atoms with Crippen LogP contribution in [0.3, 0.4) is 0 Å². The van der Waals surface area contributed by atoms with Gasteiger partial charge in [-0.15, -0.1) is 0 Å². The lowest BCUT2D eigenvalue weighted by molar-refractivity contribution is -0.145. The number of amides is 2. The van der Waals surface area contributed by atoms with Crippen LogP contribution in [0.2, 0.25) is 0 Å². The number of hydrogen-bond donors (Lipinski definition) is 3. The topological polar surface area (TPSA) is 109 Å². The van der Waals surface area contributed by atoms with Gasteiger partial charge >= 0.3 is 5.97 Å². The first kappa shape index (κ1) is 14.5. The molecule has 6 nitrogen and oxygen atoms in total. The molecule has 0 radical (unpaired) electrons. The number of nitrogens with two attached hydrogens (primary N) is 1. The summed E-state index contributed by atoms with van der Waals surface area (Å²) in [5.74, 6) is -2.27. The summed E-state index contributed by atoms with van der Waals surface area (Å²) in [5, 5.41) is 11.3. The first-order valence-corrected chi connectivity index (χ1v) is 6.17. The van der Waals surface area contributed by atoms with Gasteiger partial charge in [-0.2, -0.15) is 0 Å². The number of carboxylic acids is 1. The minimum Gasteiger partial charge on any atom is -0.480 e. The van der Waals surface area contributed by atoms with Gasteiger partial charge in [-0.05, 0) is 12.8 Å². The number of aliphatic carboxylic acids is 1. The van der Waals surface area contributed by atoms with Crippen LogP contribution in [0.4, 0.5) is 0 Å². The Balaban J connectivity index is 2.65. The van der Waals surface area contributed by atoms with Gasteiger partial charge in [-0.1, -0.05) is 26.2 Å². The number of hydrogen-bond acceptors (Lipinski definition) is 3. The Hall–Kier alpha value is -1.59. The molecular formula is C12H20N2O4. The summed E-state index contributed by atoms with van der Waals surface area (Å²) in [6.45, 7) is 1.84. The molecule has 0 aromatic carbocycles. The minimum absolute atomic E-state index is 0.296. The standard InChI is InChI=1S/C12H20N2O4/c1-12(5-3-2-4-6-12)11(18)14-8(10(16)17)7-9(13)15/h8H,2-7H2,1H3,(H2,13,15)(H,14,18)(H,16,17)/t8-/m0/s1. The fraction of sp³-hybridized carbons (Fsp3) is 0.750. The van der Waals surface area contributed by atoms with E-state index < -0.39 is 23.3 Å². The Morgan fingerprint density at radius 3 is 2.28 bits per heavy atom. The van der Waals surface area contributed by atoms with Gasteiger partial charge in [0.25, 0.3) is 0 Å². The third kappa shape index (κ3) is 3.72. The maximum absolute atomic E-state index is 12.1. The number of carboxylic acid groups (broad SMARTS) is 1. The molecule has 0 aromatic rings. The van der Waals surface area contributed by atoms with Crippen molar-refractivity contribution in [3.8, 4) is 0 Å². The number of nitrogens with one attached hydrogen (secondary N) is 1. The molecule has 0 aromatic heterocycles. The first-order valence-electron chi connectivity index (χ1n) is 6.17. The molecular weight excluding hydrogens is 236 g/mol. The molecule has 0 aliphatic heterocycles. The highest BCUT2D eigenvalue weighted by Gasteiger charge is 2.36. The molecule has 0 bridgehead atoms. The van der Waals surface area contributed by atoms with Crippen LogP contribution in [0.5, 0.6) is 0 Å². The smallest absolute Gasteiger partial charge is 0.326 e. The van der Waals surface area contributed by atoms with Gasteiger partial charge in [0.2, 0.25) is 11.8 Å². The molecule has 0 spiro atoms. The van der Waals surface area contributed by atoms with Crippen molar-refractivity contribution in [3.05, 3.63) is 0 Å². The summed E-state index contributed by atoms with van der Waals surface area (Å²) in [6.07, 6.45) is 4.17. The molecule has 18 heavy (non-hydrogen) atoms. The van der Waals surface area contributed by atoms with Crippen LogP contribution < -0.4 is 11.1 Å². The average Bonchev–Trinajstić information content (AvgIpc) is 2.28. The maximum atomic E-state index is 12.1. The fourth-order valence-corrected chi connectivity index (χ4v) is 2.29. The molecule has 0 heterocycles. The number of rotatable bonds is 5. The highest BCUT2D eigenvalue weighted by Crippen LogP contribution is 2.35. The highest BCUT2D eigenvalue weighted by molar-refractivity contribution is 5.90. The molecule has 2 amide bonds. The van der Waals surface area contributed by atoms with E-state index in [9.17, 15) is 14.4 Å². The Labute approximate surface area is 106 Å². The van der Waals surface area contributed by atoms with Gasteiger partial charge in [0.1, 0.15) is 6.04 Å². The second-order valence-electron chi connectivity index (χ2n) is 5.16. The van der Waals surface area contributed by atoms with Gasteiger partial charge in [0.05, 0.1) is 6.42 Å². The fourth-order valence-electron chi connectivity index (χ4n) is 2.29. The molecule has 1 aliphatic rings. The van der Waals surface area contributed by atoms with Crippen LogP contribution in [0.25, 0.3) is 0 Å². The molecule has 4 N–H and O–H groups in total. The van der Waals surface area contributed by atoms with E-state index >= 15 is 0 Å². The third-order valence-electron chi connectivity index (χ3n) is 3.51. The minimum atomic E-state index is -1.23. The van der Waals surface area contributed by atoms with E-state index in [0.29, 0.717) is 0 Å². The zero-order chi connectivity index (χ0) is 13.8. The first-order chi connectivity index (χ1) is 8.35. The molecule has 0 unspecified atom stereocenters. The summed E-state index contributed by atoms with van der Waals surface area (Å²) >= 11 is 0. The summed E-state index contributed by atoms with van der Waals surface area (Å²) in [6, 6.07) is -1.23. The van der Waals surface area contributed by atoms with Gasteiger partial charge in [-0.25, -0.2) is 4.79 Å². The Morgan fingerprint density at radius 2 is 1.83 bits per heavy atom. The van der Waals surface area contributed by atoms with Crippen LogP contribution in [0.15, 0.2) is 0 Å². The summed E-state index contributed by atoms with van der Waals surface area (Å²) in [7, 11) is 0. The van der Waals surface area contributed by atoms with E-state index in [2.05, 4.69) is 5.32 Å². The van der Waals surface area contributed by atoms with Crippen LogP contribution in [-0.2, 0) is 14.4 Å². The molecule has 0 saturated heterocycles. The maximum Gasteiger partial charge on any atom is 0.326 e. The molecule has 1 atom stereocenters. The monoisotopic (exact) mass is 256 g/mol. The summed E-state index contributed by atoms with van der Waals surface area (Å²) in [5.41, 5.74) is 4.44. The molecule has 6 heteroatoms. The summed E-state index contributed by atoms with van der Waals surface area (Å²) in [4.78, 5) is 33.8. The number of primary amides is 1. The Morgan fingerprint density at radius 1 is 1.28 bits per heavy atom. The molecule has 102 valence electrons. The van der Waals surface area contributed by atoms with E-state index in [-0.39, 0.29) is 12.3 Å². The van der Waals surface area contributed by atoms with Crippen molar-refractivity contribution in [1.82, 2.24) is 5.32 Å². The number of carbonyl (C=O) groups excluding carboxylic acids is 2. The van der Waals surface area contributed by atoms with Crippen molar-refractivity contribution in [3.63, 3.8) is 0 Å². The van der Waals surface area contributed by atoms with Gasteiger partial charge < -0.3 is 16.2 Å². The van der Waals surface area contributed by atoms with E-state index in [1.165, 1.54) is 0 Å². The van der Waals surface area contributed by atoms with Gasteiger partial charge in [-0.3, -0.25) is 9.59 Å².